The van der Waals surface area contributed by atoms with Gasteiger partial charge in [0.15, 0.2) is 0 Å². The predicted molar refractivity (Wildman–Crippen MR) is 136 cm³/mol. The molecule has 0 bridgehead atoms. The lowest BCUT2D eigenvalue weighted by Gasteiger charge is -2.30. The lowest BCUT2D eigenvalue weighted by molar-refractivity contribution is -0.139. The van der Waals surface area contributed by atoms with Crippen LogP contribution in [0.1, 0.15) is 30.9 Å². The maximum Gasteiger partial charge on any atom is 0.336 e. The first-order chi connectivity index (χ1) is 15.7. The molecule has 1 heterocycles. The molecule has 2 aromatic rings. The number of hydrogen-bond acceptors (Lipinski definition) is 5. The summed E-state index contributed by atoms with van der Waals surface area (Å²) in [6, 6.07) is 15.0. The van der Waals surface area contributed by atoms with Crippen molar-refractivity contribution in [2.45, 2.75) is 26.3 Å². The summed E-state index contributed by atoms with van der Waals surface area (Å²) >= 11 is 12.6. The van der Waals surface area contributed by atoms with Gasteiger partial charge in [-0.25, -0.2) is 9.59 Å². The van der Waals surface area contributed by atoms with E-state index in [0.717, 1.165) is 5.56 Å². The topological polar surface area (TPSA) is 78.9 Å². The first kappa shape index (κ1) is 27.7. The molecule has 0 fully saturated rings. The fourth-order valence-corrected chi connectivity index (χ4v) is 4.37. The van der Waals surface area contributed by atoms with Gasteiger partial charge >= 0.3 is 11.9 Å². The van der Waals surface area contributed by atoms with E-state index in [1.165, 1.54) is 0 Å². The number of nitrogens with one attached hydrogen (secondary N) is 1. The molecule has 182 valence electrons. The van der Waals surface area contributed by atoms with Gasteiger partial charge in [-0.2, -0.15) is 0 Å². The minimum Gasteiger partial charge on any atom is -0.478 e. The van der Waals surface area contributed by atoms with E-state index in [-0.39, 0.29) is 40.2 Å². The predicted octanol–water partition coefficient (Wildman–Crippen LogP) is 5.41. The van der Waals surface area contributed by atoms with E-state index in [0.29, 0.717) is 30.0 Å². The number of carbonyl (C=O) groups is 2. The maximum absolute atomic E-state index is 13.2. The quantitative estimate of drug-likeness (QED) is 0.449. The van der Waals surface area contributed by atoms with Gasteiger partial charge in [-0.1, -0.05) is 65.7 Å². The summed E-state index contributed by atoms with van der Waals surface area (Å²) in [5, 5.41) is 13.4. The summed E-state index contributed by atoms with van der Waals surface area (Å²) in [6.07, 6.45) is 0. The third-order valence-corrected chi connectivity index (χ3v) is 6.34. The van der Waals surface area contributed by atoms with Crippen LogP contribution in [0.5, 0.6) is 0 Å². The molecule has 0 saturated carbocycles. The van der Waals surface area contributed by atoms with Crippen LogP contribution in [0.2, 0.25) is 10.0 Å². The van der Waals surface area contributed by atoms with Gasteiger partial charge in [0, 0.05) is 24.5 Å². The van der Waals surface area contributed by atoms with E-state index >= 15 is 0 Å². The molecule has 0 spiro atoms. The number of likely N-dealkylation sites (N-methyl/N-ethyl adjacent to an activating group) is 1. The Morgan fingerprint density at radius 1 is 1.03 bits per heavy atom. The summed E-state index contributed by atoms with van der Waals surface area (Å²) in [7, 11) is 1.94. The average Bonchev–Trinajstić information content (AvgIpc) is 2.75. The Morgan fingerprint density at radius 3 is 2.32 bits per heavy atom. The van der Waals surface area contributed by atoms with Crippen molar-refractivity contribution in [2.75, 3.05) is 20.2 Å². The molecule has 1 aliphatic heterocycles. The molecule has 1 unspecified atom stereocenters. The smallest absolute Gasteiger partial charge is 0.336 e. The SMILES string of the molecule is CC1=C(C(=O)O)C(c2cccc(Cl)c2Cl)C(C(=O)OCCN(C)Cc2ccccc2)=C(C)N1.Cl. The van der Waals surface area contributed by atoms with Crippen LogP contribution in [0.15, 0.2) is 71.1 Å². The second-order valence-electron chi connectivity index (χ2n) is 7.94. The van der Waals surface area contributed by atoms with Gasteiger partial charge in [0.05, 0.1) is 27.1 Å². The van der Waals surface area contributed by atoms with Crippen LogP contribution in [0.4, 0.5) is 0 Å². The summed E-state index contributed by atoms with van der Waals surface area (Å²) in [5.74, 6) is -2.66. The van der Waals surface area contributed by atoms with Crippen LogP contribution in [0.3, 0.4) is 0 Å². The molecule has 0 amide bonds. The monoisotopic (exact) mass is 524 g/mol. The fraction of sp³-hybridized carbons (Fsp3) is 0.280. The third-order valence-electron chi connectivity index (χ3n) is 5.50. The molecule has 0 aliphatic carbocycles. The first-order valence-corrected chi connectivity index (χ1v) is 11.2. The molecule has 9 heteroatoms. The lowest BCUT2D eigenvalue weighted by atomic mass is 9.80. The minimum atomic E-state index is -1.15. The molecule has 1 aliphatic rings. The molecule has 0 radical (unpaired) electrons. The van der Waals surface area contributed by atoms with Gasteiger partial charge in [-0.05, 0) is 38.1 Å². The molecule has 0 saturated heterocycles. The van der Waals surface area contributed by atoms with E-state index < -0.39 is 17.9 Å². The van der Waals surface area contributed by atoms with Crippen LogP contribution in [0.25, 0.3) is 0 Å². The van der Waals surface area contributed by atoms with E-state index in [9.17, 15) is 14.7 Å². The van der Waals surface area contributed by atoms with E-state index in [1.54, 1.807) is 32.0 Å². The highest BCUT2D eigenvalue weighted by Crippen LogP contribution is 2.43. The zero-order chi connectivity index (χ0) is 24.1. The molecule has 2 N–H and O–H groups in total. The van der Waals surface area contributed by atoms with Gasteiger partial charge in [0.25, 0.3) is 0 Å². The fourth-order valence-electron chi connectivity index (χ4n) is 3.95. The molecule has 0 aromatic heterocycles. The number of esters is 1. The number of aliphatic carboxylic acids is 1. The van der Waals surface area contributed by atoms with Crippen molar-refractivity contribution >= 4 is 47.5 Å². The Kier molecular flexibility index (Phi) is 10.0. The van der Waals surface area contributed by atoms with Crippen LogP contribution < -0.4 is 5.32 Å². The largest absolute Gasteiger partial charge is 0.478 e. The Balaban J connectivity index is 0.00000408. The standard InChI is InChI=1S/C25H26Cl2N2O4.ClH/c1-15-20(24(30)31)22(18-10-7-11-19(26)23(18)27)21(16(2)28-15)25(32)33-13-12-29(3)14-17-8-5-4-6-9-17;/h4-11,22,28H,12-14H2,1-3H3,(H,30,31);1H. The number of ether oxygens (including phenoxy) is 1. The van der Waals surface area contributed by atoms with Crippen molar-refractivity contribution in [2.24, 2.45) is 0 Å². The maximum atomic E-state index is 13.2. The van der Waals surface area contributed by atoms with Crippen LogP contribution in [0, 0.1) is 0 Å². The highest BCUT2D eigenvalue weighted by Gasteiger charge is 2.38. The number of carboxylic acid groups (broad SMARTS) is 1. The highest BCUT2D eigenvalue weighted by atomic mass is 35.5. The molecule has 3 rings (SSSR count). The minimum absolute atomic E-state index is 0. The number of allylic oxidation sites excluding steroid dienone is 2. The summed E-state index contributed by atoms with van der Waals surface area (Å²) in [6.45, 7) is 4.75. The zero-order valence-electron chi connectivity index (χ0n) is 19.1. The molecular formula is C25H27Cl3N2O4. The van der Waals surface area contributed by atoms with Gasteiger partial charge in [-0.15, -0.1) is 12.4 Å². The normalized spacial score (nSPS) is 15.6. The number of nitrogens with zero attached hydrogens (tertiary/aromatic N) is 1. The summed E-state index contributed by atoms with van der Waals surface area (Å²) in [5.41, 5.74) is 2.77. The summed E-state index contributed by atoms with van der Waals surface area (Å²) in [4.78, 5) is 27.4. The van der Waals surface area contributed by atoms with Crippen LogP contribution in [-0.4, -0.2) is 42.1 Å². The lowest BCUT2D eigenvalue weighted by Crippen LogP contribution is -2.33. The van der Waals surface area contributed by atoms with Crippen LogP contribution >= 0.6 is 35.6 Å². The molecule has 6 nitrogen and oxygen atoms in total. The second-order valence-corrected chi connectivity index (χ2v) is 8.73. The Labute approximate surface area is 215 Å². The number of dihydropyridines is 1. The molecule has 2 aromatic carbocycles. The van der Waals surface area contributed by atoms with Gasteiger partial charge in [-0.3, -0.25) is 4.90 Å². The van der Waals surface area contributed by atoms with Crippen molar-refractivity contribution in [1.29, 1.82) is 0 Å². The molecular weight excluding hydrogens is 499 g/mol. The Bertz CT molecular complexity index is 1120. The van der Waals surface area contributed by atoms with E-state index in [2.05, 4.69) is 5.32 Å². The number of carboxylic acids is 1. The number of rotatable bonds is 8. The number of carbonyl (C=O) groups excluding carboxylic acids is 1. The Hall–Kier alpha value is -2.51. The van der Waals surface area contributed by atoms with E-state index in [1.807, 2.05) is 42.3 Å². The third kappa shape index (κ3) is 6.33. The van der Waals surface area contributed by atoms with Crippen molar-refractivity contribution in [3.05, 3.63) is 92.2 Å². The Morgan fingerprint density at radius 2 is 1.68 bits per heavy atom. The first-order valence-electron chi connectivity index (χ1n) is 10.5. The van der Waals surface area contributed by atoms with Crippen molar-refractivity contribution in [1.82, 2.24) is 10.2 Å². The number of halogens is 3. The summed E-state index contributed by atoms with van der Waals surface area (Å²) < 4.78 is 5.58. The van der Waals surface area contributed by atoms with Crippen LogP contribution in [-0.2, 0) is 20.9 Å². The second kappa shape index (κ2) is 12.3. The van der Waals surface area contributed by atoms with Gasteiger partial charge in [0.1, 0.15) is 6.61 Å². The van der Waals surface area contributed by atoms with Gasteiger partial charge < -0.3 is 15.2 Å². The number of hydrogen-bond donors (Lipinski definition) is 2. The van der Waals surface area contributed by atoms with Crippen molar-refractivity contribution < 1.29 is 19.4 Å². The van der Waals surface area contributed by atoms with E-state index in [4.69, 9.17) is 27.9 Å². The van der Waals surface area contributed by atoms with Crippen molar-refractivity contribution in [3.8, 4) is 0 Å². The molecule has 1 atom stereocenters. The number of benzene rings is 2. The zero-order valence-corrected chi connectivity index (χ0v) is 21.4. The molecule has 34 heavy (non-hydrogen) atoms. The highest BCUT2D eigenvalue weighted by molar-refractivity contribution is 6.42. The van der Waals surface area contributed by atoms with Crippen molar-refractivity contribution in [3.63, 3.8) is 0 Å². The van der Waals surface area contributed by atoms with Gasteiger partial charge in [0.2, 0.25) is 0 Å². The average molecular weight is 526 g/mol.